The monoisotopic (exact) mass is 407 g/mol. The van der Waals surface area contributed by atoms with Crippen molar-refractivity contribution in [2.75, 3.05) is 5.32 Å². The van der Waals surface area contributed by atoms with Crippen LogP contribution < -0.4 is 5.32 Å². The van der Waals surface area contributed by atoms with Crippen molar-refractivity contribution in [3.63, 3.8) is 0 Å². The van der Waals surface area contributed by atoms with E-state index in [0.29, 0.717) is 33.3 Å². The van der Waals surface area contributed by atoms with Gasteiger partial charge in [0.05, 0.1) is 22.4 Å². The maximum atomic E-state index is 12.3. The van der Waals surface area contributed by atoms with Gasteiger partial charge < -0.3 is 9.73 Å². The molecule has 0 bridgehead atoms. The van der Waals surface area contributed by atoms with E-state index < -0.39 is 5.25 Å². The number of hydrogen-bond acceptors (Lipinski definition) is 5. The number of carbonyl (C=O) groups excluding carboxylic acids is 1. The van der Waals surface area contributed by atoms with Gasteiger partial charge in [-0.2, -0.15) is 0 Å². The summed E-state index contributed by atoms with van der Waals surface area (Å²) in [7, 11) is 0. The van der Waals surface area contributed by atoms with Crippen LogP contribution in [-0.4, -0.2) is 21.4 Å². The van der Waals surface area contributed by atoms with E-state index in [4.69, 9.17) is 27.6 Å². The van der Waals surface area contributed by atoms with Gasteiger partial charge >= 0.3 is 0 Å². The van der Waals surface area contributed by atoms with Crippen molar-refractivity contribution in [2.24, 2.45) is 0 Å². The lowest BCUT2D eigenvalue weighted by Crippen LogP contribution is -2.22. The van der Waals surface area contributed by atoms with Gasteiger partial charge in [-0.1, -0.05) is 65.3 Å². The summed E-state index contributed by atoms with van der Waals surface area (Å²) in [6.07, 6.45) is 0.551. The normalized spacial score (nSPS) is 12.0. The first kappa shape index (κ1) is 18.8. The SMILES string of the molecule is C[C@H](Sc1nnc(Cc2ccccc2)o1)C(=O)Nc1ccc(Cl)cc1Cl. The van der Waals surface area contributed by atoms with E-state index in [1.807, 2.05) is 30.3 Å². The van der Waals surface area contributed by atoms with Crippen LogP contribution in [0.15, 0.2) is 58.2 Å². The molecule has 0 aliphatic heterocycles. The summed E-state index contributed by atoms with van der Waals surface area (Å²) in [6.45, 7) is 1.75. The fraction of sp³-hybridized carbons (Fsp3) is 0.167. The minimum atomic E-state index is -0.438. The van der Waals surface area contributed by atoms with Crippen LogP contribution in [0.5, 0.6) is 0 Å². The Morgan fingerprint density at radius 1 is 1.19 bits per heavy atom. The van der Waals surface area contributed by atoms with Gasteiger partial charge in [-0.05, 0) is 30.7 Å². The van der Waals surface area contributed by atoms with Gasteiger partial charge in [0.2, 0.25) is 11.8 Å². The molecule has 0 aliphatic rings. The molecule has 1 atom stereocenters. The number of carbonyl (C=O) groups is 1. The van der Waals surface area contributed by atoms with E-state index in [1.165, 1.54) is 11.8 Å². The van der Waals surface area contributed by atoms with E-state index in [9.17, 15) is 4.79 Å². The Bertz CT molecular complexity index is 902. The number of nitrogens with zero attached hydrogens (tertiary/aromatic N) is 2. The van der Waals surface area contributed by atoms with Crippen LogP contribution in [0.4, 0.5) is 5.69 Å². The Morgan fingerprint density at radius 2 is 1.96 bits per heavy atom. The van der Waals surface area contributed by atoms with E-state index in [2.05, 4.69) is 15.5 Å². The van der Waals surface area contributed by atoms with Crippen molar-refractivity contribution in [3.05, 3.63) is 70.0 Å². The fourth-order valence-corrected chi connectivity index (χ4v) is 3.31. The van der Waals surface area contributed by atoms with Crippen LogP contribution >= 0.6 is 35.0 Å². The summed E-state index contributed by atoms with van der Waals surface area (Å²) in [5.41, 5.74) is 1.58. The fourth-order valence-electron chi connectivity index (χ4n) is 2.16. The molecule has 3 rings (SSSR count). The Labute approximate surface area is 165 Å². The van der Waals surface area contributed by atoms with Gasteiger partial charge in [-0.15, -0.1) is 10.2 Å². The molecule has 0 saturated carbocycles. The predicted molar refractivity (Wildman–Crippen MR) is 104 cm³/mol. The van der Waals surface area contributed by atoms with Crippen molar-refractivity contribution < 1.29 is 9.21 Å². The number of halogens is 2. The van der Waals surface area contributed by atoms with Crippen LogP contribution in [0, 0.1) is 0 Å². The highest BCUT2D eigenvalue weighted by atomic mass is 35.5. The standard InChI is InChI=1S/C18H15Cl2N3O2S/c1-11(17(24)21-15-8-7-13(19)10-14(15)20)26-18-23-22-16(25-18)9-12-5-3-2-4-6-12/h2-8,10-11H,9H2,1H3,(H,21,24)/t11-/m0/s1. The molecule has 0 aliphatic carbocycles. The molecular formula is C18H15Cl2N3O2S. The van der Waals surface area contributed by atoms with Gasteiger partial charge in [0.25, 0.3) is 5.22 Å². The summed E-state index contributed by atoms with van der Waals surface area (Å²) in [5, 5.41) is 11.6. The Hall–Kier alpha value is -2.02. The van der Waals surface area contributed by atoms with Gasteiger partial charge in [0.15, 0.2) is 0 Å². The third-order valence-electron chi connectivity index (χ3n) is 3.48. The van der Waals surface area contributed by atoms with Crippen LogP contribution in [0.1, 0.15) is 18.4 Å². The molecular weight excluding hydrogens is 393 g/mol. The lowest BCUT2D eigenvalue weighted by atomic mass is 10.2. The third kappa shape index (κ3) is 5.00. The summed E-state index contributed by atoms with van der Waals surface area (Å²) in [5.74, 6) is 0.286. The highest BCUT2D eigenvalue weighted by Gasteiger charge is 2.19. The zero-order chi connectivity index (χ0) is 18.5. The minimum Gasteiger partial charge on any atom is -0.416 e. The minimum absolute atomic E-state index is 0.220. The molecule has 8 heteroatoms. The van der Waals surface area contributed by atoms with Gasteiger partial charge in [0, 0.05) is 5.02 Å². The first-order valence-corrected chi connectivity index (χ1v) is 9.43. The maximum Gasteiger partial charge on any atom is 0.277 e. The molecule has 2 aromatic carbocycles. The number of thioether (sulfide) groups is 1. The van der Waals surface area contributed by atoms with Crippen molar-refractivity contribution in [1.29, 1.82) is 0 Å². The van der Waals surface area contributed by atoms with Crippen molar-refractivity contribution in [1.82, 2.24) is 10.2 Å². The topological polar surface area (TPSA) is 68.0 Å². The molecule has 5 nitrogen and oxygen atoms in total. The van der Waals surface area contributed by atoms with Crippen molar-refractivity contribution in [3.8, 4) is 0 Å². The Balaban J connectivity index is 1.59. The molecule has 0 fully saturated rings. The van der Waals surface area contributed by atoms with Crippen LogP contribution in [0.3, 0.4) is 0 Å². The zero-order valence-corrected chi connectivity index (χ0v) is 16.1. The summed E-state index contributed by atoms with van der Waals surface area (Å²) >= 11 is 13.1. The molecule has 1 heterocycles. The maximum absolute atomic E-state index is 12.3. The first-order chi connectivity index (χ1) is 12.5. The molecule has 1 N–H and O–H groups in total. The molecule has 0 saturated heterocycles. The van der Waals surface area contributed by atoms with Gasteiger partial charge in [-0.25, -0.2) is 0 Å². The molecule has 0 unspecified atom stereocenters. The lowest BCUT2D eigenvalue weighted by Gasteiger charge is -2.11. The molecule has 1 aromatic heterocycles. The molecule has 0 radical (unpaired) electrons. The van der Waals surface area contributed by atoms with Crippen molar-refractivity contribution >= 4 is 46.6 Å². The highest BCUT2D eigenvalue weighted by molar-refractivity contribution is 8.00. The Morgan fingerprint density at radius 3 is 2.69 bits per heavy atom. The zero-order valence-electron chi connectivity index (χ0n) is 13.8. The second-order valence-electron chi connectivity index (χ2n) is 5.50. The number of benzene rings is 2. The largest absolute Gasteiger partial charge is 0.416 e. The van der Waals surface area contributed by atoms with Gasteiger partial charge in [0.1, 0.15) is 0 Å². The van der Waals surface area contributed by atoms with Crippen molar-refractivity contribution in [2.45, 2.75) is 23.8 Å². The first-order valence-electron chi connectivity index (χ1n) is 7.80. The summed E-state index contributed by atoms with van der Waals surface area (Å²) < 4.78 is 5.62. The van der Waals surface area contributed by atoms with Crippen LogP contribution in [-0.2, 0) is 11.2 Å². The highest BCUT2D eigenvalue weighted by Crippen LogP contribution is 2.28. The lowest BCUT2D eigenvalue weighted by molar-refractivity contribution is -0.115. The summed E-state index contributed by atoms with van der Waals surface area (Å²) in [6, 6.07) is 14.7. The molecule has 26 heavy (non-hydrogen) atoms. The third-order valence-corrected chi connectivity index (χ3v) is 4.96. The second-order valence-corrected chi connectivity index (χ2v) is 7.63. The number of rotatable bonds is 6. The smallest absolute Gasteiger partial charge is 0.277 e. The number of anilines is 1. The van der Waals surface area contributed by atoms with Crippen LogP contribution in [0.2, 0.25) is 10.0 Å². The molecule has 0 spiro atoms. The van der Waals surface area contributed by atoms with Gasteiger partial charge in [-0.3, -0.25) is 4.79 Å². The molecule has 1 amide bonds. The van der Waals surface area contributed by atoms with E-state index >= 15 is 0 Å². The second kappa shape index (κ2) is 8.58. The predicted octanol–water partition coefficient (Wildman–Crippen LogP) is 5.09. The van der Waals surface area contributed by atoms with E-state index in [1.54, 1.807) is 25.1 Å². The summed E-state index contributed by atoms with van der Waals surface area (Å²) in [4.78, 5) is 12.3. The quantitative estimate of drug-likeness (QED) is 0.576. The number of hydrogen-bond donors (Lipinski definition) is 1. The Kier molecular flexibility index (Phi) is 6.19. The number of nitrogens with one attached hydrogen (secondary N) is 1. The molecule has 134 valence electrons. The number of aromatic nitrogens is 2. The molecule has 3 aromatic rings. The van der Waals surface area contributed by atoms with Crippen LogP contribution in [0.25, 0.3) is 0 Å². The average Bonchev–Trinajstić information content (AvgIpc) is 3.05. The average molecular weight is 408 g/mol. The van der Waals surface area contributed by atoms with E-state index in [-0.39, 0.29) is 5.91 Å². The number of amides is 1. The van der Waals surface area contributed by atoms with E-state index in [0.717, 1.165) is 5.56 Å².